The monoisotopic (exact) mass is 423 g/mol. The minimum atomic E-state index is -0.173. The Morgan fingerprint density at radius 3 is 2.33 bits per heavy atom. The van der Waals surface area contributed by atoms with E-state index in [9.17, 15) is 4.79 Å². The van der Waals surface area contributed by atoms with Gasteiger partial charge in [-0.05, 0) is 74.0 Å². The smallest absolute Gasteiger partial charge is 0.230 e. The van der Waals surface area contributed by atoms with E-state index in [1.807, 2.05) is 12.1 Å². The van der Waals surface area contributed by atoms with Crippen LogP contribution in [0.1, 0.15) is 49.7 Å². The molecule has 1 N–H and O–H groups in total. The van der Waals surface area contributed by atoms with Crippen molar-refractivity contribution in [2.75, 3.05) is 5.32 Å². The Balaban J connectivity index is 1.39. The van der Waals surface area contributed by atoms with Crippen molar-refractivity contribution in [2.24, 2.45) is 17.3 Å². The van der Waals surface area contributed by atoms with Gasteiger partial charge in [-0.15, -0.1) is 0 Å². The third-order valence-electron chi connectivity index (χ3n) is 6.97. The van der Waals surface area contributed by atoms with Crippen molar-refractivity contribution in [2.45, 2.75) is 49.3 Å². The summed E-state index contributed by atoms with van der Waals surface area (Å²) in [6, 6.07) is 18.7. The average molecular weight is 424 g/mol. The van der Waals surface area contributed by atoms with Crippen LogP contribution in [0.2, 0.25) is 0 Å². The van der Waals surface area contributed by atoms with Gasteiger partial charge in [0.1, 0.15) is 0 Å². The van der Waals surface area contributed by atoms with Crippen LogP contribution in [0.4, 0.5) is 5.69 Å². The molecular formula is C24H26BrNO. The maximum Gasteiger partial charge on any atom is 0.230 e. The van der Waals surface area contributed by atoms with Crippen molar-refractivity contribution in [3.05, 3.63) is 65.7 Å². The third-order valence-corrected chi connectivity index (χ3v) is 7.90. The maximum atomic E-state index is 13.5. The number of para-hydroxylation sites is 1. The van der Waals surface area contributed by atoms with Gasteiger partial charge in [0.05, 0.1) is 5.41 Å². The number of halogens is 1. The highest BCUT2D eigenvalue weighted by Gasteiger charge is 2.59. The fraction of sp³-hybridized carbons (Fsp3) is 0.458. The van der Waals surface area contributed by atoms with Crippen molar-refractivity contribution >= 4 is 27.5 Å². The van der Waals surface area contributed by atoms with Gasteiger partial charge in [0.15, 0.2) is 0 Å². The molecule has 4 aliphatic carbocycles. The van der Waals surface area contributed by atoms with Crippen molar-refractivity contribution in [1.82, 2.24) is 0 Å². The molecule has 3 heteroatoms. The quantitative estimate of drug-likeness (QED) is 0.604. The maximum absolute atomic E-state index is 13.5. The Morgan fingerprint density at radius 1 is 0.963 bits per heavy atom. The van der Waals surface area contributed by atoms with E-state index in [0.717, 1.165) is 43.2 Å². The highest BCUT2D eigenvalue weighted by molar-refractivity contribution is 9.10. The summed E-state index contributed by atoms with van der Waals surface area (Å²) in [6.07, 6.45) is 7.82. The molecule has 6 rings (SSSR count). The van der Waals surface area contributed by atoms with Crippen LogP contribution >= 0.6 is 15.9 Å². The van der Waals surface area contributed by atoms with Gasteiger partial charge < -0.3 is 5.32 Å². The Hall–Kier alpha value is -1.61. The highest BCUT2D eigenvalue weighted by Crippen LogP contribution is 2.64. The SMILES string of the molecule is O=C(Nc1ccccc1Cc1ccccc1)C12C[C@@H]3C[C@H](CC(Br)(C3)C1)C2. The normalized spacial score (nSPS) is 33.8. The van der Waals surface area contributed by atoms with Crippen LogP contribution in [0.5, 0.6) is 0 Å². The number of amides is 1. The fourth-order valence-corrected chi connectivity index (χ4v) is 7.74. The van der Waals surface area contributed by atoms with Crippen molar-refractivity contribution in [3.8, 4) is 0 Å². The number of carbonyl (C=O) groups excluding carboxylic acids is 1. The first-order valence-corrected chi connectivity index (χ1v) is 11.0. The molecule has 2 aromatic carbocycles. The van der Waals surface area contributed by atoms with Crippen LogP contribution in [0.25, 0.3) is 0 Å². The van der Waals surface area contributed by atoms with Gasteiger partial charge in [-0.1, -0.05) is 64.5 Å². The molecule has 4 bridgehead atoms. The molecule has 0 aromatic heterocycles. The lowest BCUT2D eigenvalue weighted by atomic mass is 9.49. The number of hydrogen-bond donors (Lipinski definition) is 1. The van der Waals surface area contributed by atoms with E-state index in [0.29, 0.717) is 0 Å². The van der Waals surface area contributed by atoms with E-state index < -0.39 is 0 Å². The van der Waals surface area contributed by atoms with Crippen LogP contribution in [0, 0.1) is 17.3 Å². The zero-order valence-electron chi connectivity index (χ0n) is 15.6. The predicted molar refractivity (Wildman–Crippen MR) is 113 cm³/mol. The van der Waals surface area contributed by atoms with Gasteiger partial charge >= 0.3 is 0 Å². The standard InChI is InChI=1S/C24H26BrNO/c25-24-14-18-10-19(15-24)13-23(12-18,16-24)22(27)26-21-9-5-4-8-20(21)11-17-6-2-1-3-7-17/h1-9,18-19H,10-16H2,(H,26,27)/t18-,19-,23?,24?/m0/s1. The summed E-state index contributed by atoms with van der Waals surface area (Å²) in [6.45, 7) is 0. The second-order valence-electron chi connectivity index (χ2n) is 9.17. The lowest BCUT2D eigenvalue weighted by molar-refractivity contribution is -0.138. The number of carbonyl (C=O) groups is 1. The largest absolute Gasteiger partial charge is 0.325 e. The molecule has 4 fully saturated rings. The molecule has 0 radical (unpaired) electrons. The molecule has 4 saturated carbocycles. The Kier molecular flexibility index (Phi) is 4.19. The van der Waals surface area contributed by atoms with Gasteiger partial charge in [0.2, 0.25) is 5.91 Å². The number of alkyl halides is 1. The number of anilines is 1. The van der Waals surface area contributed by atoms with Gasteiger partial charge in [0.25, 0.3) is 0 Å². The Morgan fingerprint density at radius 2 is 1.63 bits per heavy atom. The second-order valence-corrected chi connectivity index (χ2v) is 10.8. The zero-order valence-corrected chi connectivity index (χ0v) is 17.2. The van der Waals surface area contributed by atoms with E-state index in [1.54, 1.807) is 0 Å². The first kappa shape index (κ1) is 17.5. The number of hydrogen-bond acceptors (Lipinski definition) is 1. The summed E-state index contributed by atoms with van der Waals surface area (Å²) in [5, 5.41) is 3.35. The van der Waals surface area contributed by atoms with Crippen LogP contribution in [-0.4, -0.2) is 10.2 Å². The van der Waals surface area contributed by atoms with Crippen LogP contribution in [0.15, 0.2) is 54.6 Å². The van der Waals surface area contributed by atoms with E-state index in [2.05, 4.69) is 63.7 Å². The summed E-state index contributed by atoms with van der Waals surface area (Å²) in [7, 11) is 0. The van der Waals surface area contributed by atoms with Gasteiger partial charge in [-0.3, -0.25) is 4.79 Å². The van der Waals surface area contributed by atoms with Gasteiger partial charge in [-0.25, -0.2) is 0 Å². The van der Waals surface area contributed by atoms with Crippen molar-refractivity contribution < 1.29 is 4.79 Å². The Labute approximate surface area is 169 Å². The van der Waals surface area contributed by atoms with Crippen molar-refractivity contribution in [3.63, 3.8) is 0 Å². The predicted octanol–water partition coefficient (Wildman–Crippen LogP) is 5.95. The molecule has 0 unspecified atom stereocenters. The molecule has 140 valence electrons. The lowest BCUT2D eigenvalue weighted by Crippen LogP contribution is -2.57. The summed E-state index contributed by atoms with van der Waals surface area (Å²) >= 11 is 4.03. The minimum Gasteiger partial charge on any atom is -0.325 e. The molecule has 0 saturated heterocycles. The molecule has 1 amide bonds. The van der Waals surface area contributed by atoms with E-state index in [-0.39, 0.29) is 15.6 Å². The van der Waals surface area contributed by atoms with Crippen LogP contribution in [0.3, 0.4) is 0 Å². The first-order valence-electron chi connectivity index (χ1n) is 10.2. The molecule has 2 aromatic rings. The number of nitrogens with one attached hydrogen (secondary N) is 1. The summed E-state index contributed by atoms with van der Waals surface area (Å²) in [5.41, 5.74) is 3.27. The minimum absolute atomic E-state index is 0.173. The zero-order chi connectivity index (χ0) is 18.5. The molecule has 4 aliphatic rings. The van der Waals surface area contributed by atoms with Gasteiger partial charge in [0, 0.05) is 10.0 Å². The summed E-state index contributed by atoms with van der Waals surface area (Å²) in [4.78, 5) is 13.5. The molecule has 0 spiro atoms. The molecular weight excluding hydrogens is 398 g/mol. The molecule has 0 aliphatic heterocycles. The van der Waals surface area contributed by atoms with Gasteiger partial charge in [-0.2, -0.15) is 0 Å². The number of benzene rings is 2. The van der Waals surface area contributed by atoms with E-state index in [4.69, 9.17) is 0 Å². The van der Waals surface area contributed by atoms with E-state index in [1.165, 1.54) is 30.4 Å². The van der Waals surface area contributed by atoms with Crippen LogP contribution < -0.4 is 5.32 Å². The first-order chi connectivity index (χ1) is 13.0. The molecule has 27 heavy (non-hydrogen) atoms. The van der Waals surface area contributed by atoms with E-state index >= 15 is 0 Å². The fourth-order valence-electron chi connectivity index (χ4n) is 6.28. The highest BCUT2D eigenvalue weighted by atomic mass is 79.9. The topological polar surface area (TPSA) is 29.1 Å². The molecule has 0 heterocycles. The Bertz CT molecular complexity index is 848. The third kappa shape index (κ3) is 3.24. The molecule has 2 nitrogen and oxygen atoms in total. The van der Waals surface area contributed by atoms with Crippen molar-refractivity contribution in [1.29, 1.82) is 0 Å². The average Bonchev–Trinajstić information content (AvgIpc) is 2.62. The number of rotatable bonds is 4. The molecule has 2 atom stereocenters. The lowest BCUT2D eigenvalue weighted by Gasteiger charge is -2.59. The summed E-state index contributed by atoms with van der Waals surface area (Å²) < 4.78 is 0.206. The summed E-state index contributed by atoms with van der Waals surface area (Å²) in [5.74, 6) is 1.69. The second kappa shape index (κ2) is 6.48. The van der Waals surface area contributed by atoms with Crippen LogP contribution in [-0.2, 0) is 11.2 Å².